The van der Waals surface area contributed by atoms with Crippen LogP contribution < -0.4 is 20.1 Å². The molecule has 0 spiro atoms. The monoisotopic (exact) mass is 448 g/mol. The van der Waals surface area contributed by atoms with Crippen molar-refractivity contribution < 1.29 is 19.0 Å². The van der Waals surface area contributed by atoms with Crippen LogP contribution in [0.4, 0.5) is 10.7 Å². The summed E-state index contributed by atoms with van der Waals surface area (Å²) in [6.07, 6.45) is 6.53. The van der Waals surface area contributed by atoms with Gasteiger partial charge in [0.25, 0.3) is 0 Å². The highest BCUT2D eigenvalue weighted by Crippen LogP contribution is 2.38. The molecule has 0 radical (unpaired) electrons. The molecule has 0 amide bonds. The number of rotatable bonds is 6. The number of thiophene rings is 1. The molecule has 1 aromatic heterocycles. The third-order valence-electron chi connectivity index (χ3n) is 5.03. The van der Waals surface area contributed by atoms with Gasteiger partial charge in [-0.2, -0.15) is 0 Å². The molecule has 1 aromatic carbocycles. The Balaban J connectivity index is 1.85. The number of hydrogen-bond donors (Lipinski definition) is 2. The number of hydrogen-bond acceptors (Lipinski definition) is 6. The van der Waals surface area contributed by atoms with Crippen molar-refractivity contribution in [1.82, 2.24) is 0 Å². The van der Waals surface area contributed by atoms with Gasteiger partial charge in [-0.15, -0.1) is 11.3 Å². The lowest BCUT2D eigenvalue weighted by atomic mass is 9.96. The van der Waals surface area contributed by atoms with Crippen molar-refractivity contribution in [3.05, 3.63) is 34.2 Å². The summed E-state index contributed by atoms with van der Waals surface area (Å²) in [5.74, 6) is 1.02. The van der Waals surface area contributed by atoms with Crippen molar-refractivity contribution in [2.75, 3.05) is 31.5 Å². The average Bonchev–Trinajstić information content (AvgIpc) is 3.04. The van der Waals surface area contributed by atoms with Crippen LogP contribution in [0.3, 0.4) is 0 Å². The number of ether oxygens (including phenoxy) is 3. The molecule has 0 unspecified atom stereocenters. The molecule has 162 valence electrons. The van der Waals surface area contributed by atoms with Crippen molar-refractivity contribution in [2.24, 2.45) is 0 Å². The van der Waals surface area contributed by atoms with Crippen LogP contribution in [0.25, 0.3) is 0 Å². The van der Waals surface area contributed by atoms with Crippen LogP contribution >= 0.6 is 23.6 Å². The van der Waals surface area contributed by atoms with Crippen LogP contribution in [0.2, 0.25) is 0 Å². The van der Waals surface area contributed by atoms with E-state index in [9.17, 15) is 4.79 Å². The maximum Gasteiger partial charge on any atom is 0.341 e. The van der Waals surface area contributed by atoms with E-state index in [2.05, 4.69) is 10.6 Å². The Hall–Kier alpha value is -2.32. The van der Waals surface area contributed by atoms with E-state index in [0.717, 1.165) is 36.2 Å². The predicted molar refractivity (Wildman–Crippen MR) is 126 cm³/mol. The average molecular weight is 449 g/mol. The van der Waals surface area contributed by atoms with E-state index in [4.69, 9.17) is 26.4 Å². The molecule has 0 aliphatic heterocycles. The van der Waals surface area contributed by atoms with E-state index in [1.165, 1.54) is 17.7 Å². The zero-order valence-corrected chi connectivity index (χ0v) is 19.3. The molecule has 3 rings (SSSR count). The molecule has 1 aliphatic carbocycles. The van der Waals surface area contributed by atoms with Gasteiger partial charge in [0.1, 0.15) is 16.5 Å². The molecule has 8 heteroatoms. The Morgan fingerprint density at radius 2 is 1.87 bits per heavy atom. The minimum absolute atomic E-state index is 0.289. The molecule has 1 aliphatic rings. The number of aryl methyl sites for hydroxylation is 1. The normalized spacial score (nSPS) is 13.4. The molecular formula is C22H28N2O4S2. The van der Waals surface area contributed by atoms with Crippen LogP contribution in [0.1, 0.15) is 53.4 Å². The van der Waals surface area contributed by atoms with Crippen molar-refractivity contribution >= 4 is 45.3 Å². The van der Waals surface area contributed by atoms with E-state index in [0.29, 0.717) is 34.5 Å². The first-order valence-electron chi connectivity index (χ1n) is 10.2. The second kappa shape index (κ2) is 10.6. The van der Waals surface area contributed by atoms with Gasteiger partial charge in [-0.05, 0) is 62.5 Å². The lowest BCUT2D eigenvalue weighted by Gasteiger charge is -2.15. The summed E-state index contributed by atoms with van der Waals surface area (Å²) in [6.45, 7) is 2.16. The number of thiocarbonyl (C=S) groups is 1. The van der Waals surface area contributed by atoms with Crippen molar-refractivity contribution in [3.63, 3.8) is 0 Å². The van der Waals surface area contributed by atoms with E-state index in [1.54, 1.807) is 31.6 Å². The Labute approximate surface area is 186 Å². The number of anilines is 2. The number of nitrogens with one attached hydrogen (secondary N) is 2. The second-order valence-electron chi connectivity index (χ2n) is 6.99. The smallest absolute Gasteiger partial charge is 0.341 e. The summed E-state index contributed by atoms with van der Waals surface area (Å²) in [6, 6.07) is 5.45. The fraction of sp³-hybridized carbons (Fsp3) is 0.455. The first-order valence-corrected chi connectivity index (χ1v) is 11.4. The van der Waals surface area contributed by atoms with Gasteiger partial charge in [-0.1, -0.05) is 12.8 Å². The van der Waals surface area contributed by atoms with Crippen LogP contribution in [-0.4, -0.2) is 31.9 Å². The number of esters is 1. The minimum atomic E-state index is -0.289. The van der Waals surface area contributed by atoms with E-state index in [1.807, 2.05) is 19.1 Å². The van der Waals surface area contributed by atoms with Crippen LogP contribution in [0, 0.1) is 0 Å². The summed E-state index contributed by atoms with van der Waals surface area (Å²) in [7, 11) is 3.20. The van der Waals surface area contributed by atoms with Crippen LogP contribution in [0.15, 0.2) is 18.2 Å². The highest BCUT2D eigenvalue weighted by Gasteiger charge is 2.25. The fourth-order valence-corrected chi connectivity index (χ4v) is 5.14. The first-order chi connectivity index (χ1) is 14.6. The zero-order valence-electron chi connectivity index (χ0n) is 17.6. The third kappa shape index (κ3) is 5.23. The van der Waals surface area contributed by atoms with Gasteiger partial charge in [0.2, 0.25) is 0 Å². The summed E-state index contributed by atoms with van der Waals surface area (Å²) >= 11 is 7.14. The quantitative estimate of drug-likeness (QED) is 0.452. The highest BCUT2D eigenvalue weighted by molar-refractivity contribution is 7.80. The van der Waals surface area contributed by atoms with Gasteiger partial charge >= 0.3 is 5.97 Å². The Kier molecular flexibility index (Phi) is 7.93. The maximum atomic E-state index is 12.8. The number of carbonyl (C=O) groups excluding carboxylic acids is 1. The summed E-state index contributed by atoms with van der Waals surface area (Å²) in [4.78, 5) is 14.0. The van der Waals surface area contributed by atoms with Crippen LogP contribution in [0.5, 0.6) is 11.5 Å². The summed E-state index contributed by atoms with van der Waals surface area (Å²) in [5, 5.41) is 7.51. The summed E-state index contributed by atoms with van der Waals surface area (Å²) < 4.78 is 16.0. The topological polar surface area (TPSA) is 68.8 Å². The second-order valence-corrected chi connectivity index (χ2v) is 8.50. The molecule has 2 aromatic rings. The Morgan fingerprint density at radius 1 is 1.10 bits per heavy atom. The number of methoxy groups -OCH3 is 2. The fourth-order valence-electron chi connectivity index (χ4n) is 3.59. The van der Waals surface area contributed by atoms with Gasteiger partial charge in [0, 0.05) is 10.9 Å². The van der Waals surface area contributed by atoms with Crippen molar-refractivity contribution in [3.8, 4) is 11.5 Å². The molecule has 1 heterocycles. The zero-order chi connectivity index (χ0) is 21.5. The molecule has 0 atom stereocenters. The van der Waals surface area contributed by atoms with E-state index >= 15 is 0 Å². The van der Waals surface area contributed by atoms with Crippen molar-refractivity contribution in [1.29, 1.82) is 0 Å². The van der Waals surface area contributed by atoms with E-state index < -0.39 is 0 Å². The molecule has 0 fully saturated rings. The summed E-state index contributed by atoms with van der Waals surface area (Å²) in [5.41, 5.74) is 2.46. The molecule has 6 nitrogen and oxygen atoms in total. The Bertz CT molecular complexity index is 911. The van der Waals surface area contributed by atoms with Crippen LogP contribution in [-0.2, 0) is 17.6 Å². The Morgan fingerprint density at radius 3 is 2.57 bits per heavy atom. The molecule has 30 heavy (non-hydrogen) atoms. The molecule has 0 saturated heterocycles. The minimum Gasteiger partial charge on any atom is -0.497 e. The van der Waals surface area contributed by atoms with Gasteiger partial charge < -0.3 is 24.8 Å². The largest absolute Gasteiger partial charge is 0.497 e. The lowest BCUT2D eigenvalue weighted by molar-refractivity contribution is 0.0526. The number of carbonyl (C=O) groups is 1. The third-order valence-corrected chi connectivity index (χ3v) is 6.45. The molecule has 0 saturated carbocycles. The number of benzene rings is 1. The molecular weight excluding hydrogens is 420 g/mol. The number of fused-ring (bicyclic) bond motifs is 1. The first kappa shape index (κ1) is 22.4. The SMILES string of the molecule is CCOC(=O)c1c(NC(=S)Nc2ccc(OC)cc2OC)sc2c1CCCCCC2. The van der Waals surface area contributed by atoms with Gasteiger partial charge in [-0.3, -0.25) is 0 Å². The van der Waals surface area contributed by atoms with Crippen molar-refractivity contribution in [2.45, 2.75) is 45.4 Å². The maximum absolute atomic E-state index is 12.8. The van der Waals surface area contributed by atoms with Gasteiger partial charge in [-0.25, -0.2) is 4.79 Å². The molecule has 2 N–H and O–H groups in total. The van der Waals surface area contributed by atoms with E-state index in [-0.39, 0.29) is 5.97 Å². The molecule has 0 bridgehead atoms. The standard InChI is InChI=1S/C22H28N2O4S2/c1-4-28-21(25)19-15-9-7-5-6-8-10-18(15)30-20(19)24-22(29)23-16-12-11-14(26-2)13-17(16)27-3/h11-13H,4-10H2,1-3H3,(H2,23,24,29). The highest BCUT2D eigenvalue weighted by atomic mass is 32.1. The predicted octanol–water partition coefficient (Wildman–Crippen LogP) is 5.41. The van der Waals surface area contributed by atoms with Gasteiger partial charge in [0.05, 0.1) is 32.1 Å². The van der Waals surface area contributed by atoms with Gasteiger partial charge in [0.15, 0.2) is 5.11 Å². The lowest BCUT2D eigenvalue weighted by Crippen LogP contribution is -2.21.